The smallest absolute Gasteiger partial charge is 0.261 e. The Labute approximate surface area is 123 Å². The molecule has 0 bridgehead atoms. The molecule has 0 spiro atoms. The maximum atomic E-state index is 12.0. The summed E-state index contributed by atoms with van der Waals surface area (Å²) in [6.45, 7) is 3.71. The van der Waals surface area contributed by atoms with E-state index in [1.165, 1.54) is 29.7 Å². The average molecular weight is 310 g/mol. The maximum absolute atomic E-state index is 12.0. The second-order valence-corrected chi connectivity index (χ2v) is 7.57. The third-order valence-electron chi connectivity index (χ3n) is 2.48. The van der Waals surface area contributed by atoms with Gasteiger partial charge in [0.2, 0.25) is 0 Å². The van der Waals surface area contributed by atoms with E-state index in [-0.39, 0.29) is 16.6 Å². The molecule has 7 heteroatoms. The quantitative estimate of drug-likeness (QED) is 0.910. The lowest BCUT2D eigenvalue weighted by atomic mass is 10.2. The predicted molar refractivity (Wildman–Crippen MR) is 79.7 cm³/mol. The number of rotatable bonds is 4. The second-order valence-electron chi connectivity index (χ2n) is 4.30. The molecule has 1 amide bonds. The lowest BCUT2D eigenvalue weighted by molar-refractivity contribution is 0.102. The Morgan fingerprint density at radius 1 is 1.40 bits per heavy atom. The van der Waals surface area contributed by atoms with Crippen molar-refractivity contribution in [2.45, 2.75) is 23.3 Å². The van der Waals surface area contributed by atoms with Crippen LogP contribution in [-0.4, -0.2) is 25.5 Å². The van der Waals surface area contributed by atoms with Crippen molar-refractivity contribution >= 4 is 33.2 Å². The minimum Gasteiger partial charge on any atom is -0.507 e. The summed E-state index contributed by atoms with van der Waals surface area (Å²) in [7, 11) is -1.12. The van der Waals surface area contributed by atoms with E-state index >= 15 is 0 Å². The summed E-state index contributed by atoms with van der Waals surface area (Å²) in [5, 5.41) is 12.5. The number of nitrogens with zero attached hydrogens (tertiary/aromatic N) is 1. The number of nitrogens with one attached hydrogen (secondary N) is 1. The molecule has 20 heavy (non-hydrogen) atoms. The van der Waals surface area contributed by atoms with Gasteiger partial charge in [-0.3, -0.25) is 14.3 Å². The molecule has 0 aliphatic rings. The Morgan fingerprint density at radius 2 is 2.10 bits per heavy atom. The second kappa shape index (κ2) is 6.15. The van der Waals surface area contributed by atoms with E-state index in [1.54, 1.807) is 12.1 Å². The Hall–Kier alpha value is -1.73. The van der Waals surface area contributed by atoms with Gasteiger partial charge in [0, 0.05) is 5.25 Å². The van der Waals surface area contributed by atoms with E-state index in [2.05, 4.69) is 10.3 Å². The highest BCUT2D eigenvalue weighted by atomic mass is 32.2. The number of phenols is 1. The van der Waals surface area contributed by atoms with Crippen LogP contribution in [-0.2, 0) is 10.8 Å². The third kappa shape index (κ3) is 3.23. The zero-order valence-electron chi connectivity index (χ0n) is 11.0. The molecule has 0 aliphatic carbocycles. The van der Waals surface area contributed by atoms with E-state index < -0.39 is 16.7 Å². The first kappa shape index (κ1) is 14.7. The van der Waals surface area contributed by atoms with Crippen molar-refractivity contribution < 1.29 is 14.1 Å². The Balaban J connectivity index is 2.13. The van der Waals surface area contributed by atoms with Crippen LogP contribution < -0.4 is 5.32 Å². The van der Waals surface area contributed by atoms with Crippen LogP contribution >= 0.6 is 11.3 Å². The van der Waals surface area contributed by atoms with Crippen LogP contribution in [0.3, 0.4) is 0 Å². The molecule has 1 atom stereocenters. The fourth-order valence-corrected chi connectivity index (χ4v) is 3.78. The Bertz CT molecular complexity index is 653. The topological polar surface area (TPSA) is 79.3 Å². The van der Waals surface area contributed by atoms with E-state index in [0.717, 1.165) is 0 Å². The summed E-state index contributed by atoms with van der Waals surface area (Å²) < 4.78 is 12.5. The van der Waals surface area contributed by atoms with E-state index in [9.17, 15) is 14.1 Å². The molecule has 1 unspecified atom stereocenters. The van der Waals surface area contributed by atoms with Gasteiger partial charge in [0.05, 0.1) is 22.6 Å². The summed E-state index contributed by atoms with van der Waals surface area (Å²) in [5.74, 6) is -0.535. The van der Waals surface area contributed by atoms with Gasteiger partial charge >= 0.3 is 0 Å². The van der Waals surface area contributed by atoms with E-state index in [0.29, 0.717) is 9.34 Å². The minimum absolute atomic E-state index is 0.00262. The van der Waals surface area contributed by atoms with Crippen LogP contribution in [0.15, 0.2) is 34.7 Å². The van der Waals surface area contributed by atoms with Crippen molar-refractivity contribution in [1.82, 2.24) is 4.98 Å². The molecule has 2 aromatic rings. The van der Waals surface area contributed by atoms with Crippen LogP contribution in [0.1, 0.15) is 24.2 Å². The molecule has 1 heterocycles. The van der Waals surface area contributed by atoms with Gasteiger partial charge in [-0.2, -0.15) is 0 Å². The molecule has 0 fully saturated rings. The van der Waals surface area contributed by atoms with Gasteiger partial charge in [0.25, 0.3) is 5.91 Å². The van der Waals surface area contributed by atoms with Gasteiger partial charge in [-0.1, -0.05) is 37.3 Å². The molecule has 2 rings (SSSR count). The first-order valence-corrected chi connectivity index (χ1v) is 7.97. The number of carbonyl (C=O) groups is 1. The molecule has 1 aromatic carbocycles. The predicted octanol–water partition coefficient (Wildman–Crippen LogP) is 2.62. The number of aromatic nitrogens is 1. The van der Waals surface area contributed by atoms with Gasteiger partial charge < -0.3 is 5.11 Å². The standard InChI is InChI=1S/C13H14N2O3S2/c1-8(2)20(18)11-7-14-13(19-11)15-12(17)9-5-3-4-6-10(9)16/h3-8,16H,1-2H3,(H,14,15,17). The number of carbonyl (C=O) groups excluding carboxylic acids is 1. The number of thiazole rings is 1. The number of phenolic OH excluding ortho intramolecular Hbond substituents is 1. The normalized spacial score (nSPS) is 12.3. The van der Waals surface area contributed by atoms with Crippen molar-refractivity contribution in [1.29, 1.82) is 0 Å². The molecule has 2 N–H and O–H groups in total. The highest BCUT2D eigenvalue weighted by Crippen LogP contribution is 2.25. The van der Waals surface area contributed by atoms with E-state index in [1.807, 2.05) is 13.8 Å². The van der Waals surface area contributed by atoms with Crippen molar-refractivity contribution in [2.24, 2.45) is 0 Å². The largest absolute Gasteiger partial charge is 0.507 e. The SMILES string of the molecule is CC(C)S(=O)c1cnc(NC(=O)c2ccccc2O)s1. The molecule has 1 aromatic heterocycles. The number of hydrogen-bond acceptors (Lipinski definition) is 5. The molecule has 0 saturated carbocycles. The van der Waals surface area contributed by atoms with Gasteiger partial charge in [-0.15, -0.1) is 0 Å². The van der Waals surface area contributed by atoms with Crippen LogP contribution in [0.2, 0.25) is 0 Å². The Morgan fingerprint density at radius 3 is 2.75 bits per heavy atom. The number of amides is 1. The number of para-hydroxylation sites is 1. The number of benzene rings is 1. The molecule has 0 aliphatic heterocycles. The van der Waals surface area contributed by atoms with Crippen molar-refractivity contribution in [2.75, 3.05) is 5.32 Å². The first-order valence-electron chi connectivity index (χ1n) is 5.95. The molecular weight excluding hydrogens is 296 g/mol. The molecule has 106 valence electrons. The van der Waals surface area contributed by atoms with Crippen LogP contribution in [0.25, 0.3) is 0 Å². The van der Waals surface area contributed by atoms with E-state index in [4.69, 9.17) is 0 Å². The highest BCUT2D eigenvalue weighted by Gasteiger charge is 2.15. The van der Waals surface area contributed by atoms with Gasteiger partial charge in [0.15, 0.2) is 5.13 Å². The molecular formula is C13H14N2O3S2. The number of aromatic hydroxyl groups is 1. The fraction of sp³-hybridized carbons (Fsp3) is 0.231. The summed E-state index contributed by atoms with van der Waals surface area (Å²) in [6, 6.07) is 6.26. The first-order chi connectivity index (χ1) is 9.49. The van der Waals surface area contributed by atoms with Crippen LogP contribution in [0.5, 0.6) is 5.75 Å². The van der Waals surface area contributed by atoms with Gasteiger partial charge in [0.1, 0.15) is 9.96 Å². The van der Waals surface area contributed by atoms with Crippen LogP contribution in [0.4, 0.5) is 5.13 Å². The average Bonchev–Trinajstić information content (AvgIpc) is 2.86. The zero-order chi connectivity index (χ0) is 14.7. The molecule has 0 saturated heterocycles. The molecule has 0 radical (unpaired) electrons. The summed E-state index contributed by atoms with van der Waals surface area (Å²) in [6.07, 6.45) is 1.50. The van der Waals surface area contributed by atoms with Crippen molar-refractivity contribution in [3.8, 4) is 5.75 Å². The minimum atomic E-state index is -1.12. The lowest BCUT2D eigenvalue weighted by Gasteiger charge is -2.03. The van der Waals surface area contributed by atoms with Gasteiger partial charge in [-0.05, 0) is 12.1 Å². The third-order valence-corrected chi connectivity index (χ3v) is 5.29. The van der Waals surface area contributed by atoms with Gasteiger partial charge in [-0.25, -0.2) is 4.98 Å². The van der Waals surface area contributed by atoms with Crippen molar-refractivity contribution in [3.05, 3.63) is 36.0 Å². The highest BCUT2D eigenvalue weighted by molar-refractivity contribution is 7.88. The Kier molecular flexibility index (Phi) is 4.51. The number of anilines is 1. The number of hydrogen-bond donors (Lipinski definition) is 2. The summed E-state index contributed by atoms with van der Waals surface area (Å²) >= 11 is 1.17. The van der Waals surface area contributed by atoms with Crippen LogP contribution in [0, 0.1) is 0 Å². The molecule has 5 nitrogen and oxygen atoms in total. The monoisotopic (exact) mass is 310 g/mol. The van der Waals surface area contributed by atoms with Crippen molar-refractivity contribution in [3.63, 3.8) is 0 Å². The summed E-state index contributed by atoms with van der Waals surface area (Å²) in [5.41, 5.74) is 0.175. The zero-order valence-corrected chi connectivity index (χ0v) is 12.6. The fourth-order valence-electron chi connectivity index (χ4n) is 1.47. The summed E-state index contributed by atoms with van der Waals surface area (Å²) in [4.78, 5) is 16.0. The maximum Gasteiger partial charge on any atom is 0.261 e. The lowest BCUT2D eigenvalue weighted by Crippen LogP contribution is -2.11.